The molecule has 0 bridgehead atoms. The molecule has 0 aliphatic heterocycles. The van der Waals surface area contributed by atoms with Crippen molar-refractivity contribution in [3.8, 4) is 17.6 Å². The number of carbonyl (C=O) groups excluding carboxylic acids is 1. The van der Waals surface area contributed by atoms with Crippen molar-refractivity contribution in [3.63, 3.8) is 0 Å². The molecule has 0 fully saturated rings. The molecule has 0 saturated carbocycles. The van der Waals surface area contributed by atoms with Crippen LogP contribution in [0.25, 0.3) is 0 Å². The summed E-state index contributed by atoms with van der Waals surface area (Å²) in [7, 11) is 0. The molecular formula is C14H9ClN2O2. The molecule has 0 aliphatic rings. The molecule has 1 amide bonds. The quantitative estimate of drug-likeness (QED) is 0.933. The Kier molecular flexibility index (Phi) is 3.69. The van der Waals surface area contributed by atoms with Gasteiger partial charge in [0.15, 0.2) is 0 Å². The maximum Gasteiger partial charge on any atom is 0.252 e. The number of rotatable bonds is 3. The van der Waals surface area contributed by atoms with Crippen LogP contribution in [0.5, 0.6) is 11.5 Å². The van der Waals surface area contributed by atoms with Crippen LogP contribution in [-0.2, 0) is 0 Å². The lowest BCUT2D eigenvalue weighted by Crippen LogP contribution is -2.12. The van der Waals surface area contributed by atoms with Gasteiger partial charge in [-0.3, -0.25) is 4.79 Å². The number of nitrogens with two attached hydrogens (primary N) is 1. The van der Waals surface area contributed by atoms with Crippen molar-refractivity contribution in [2.45, 2.75) is 0 Å². The van der Waals surface area contributed by atoms with E-state index in [0.29, 0.717) is 16.5 Å². The highest BCUT2D eigenvalue weighted by molar-refractivity contribution is 6.30. The zero-order valence-corrected chi connectivity index (χ0v) is 10.5. The second kappa shape index (κ2) is 5.42. The van der Waals surface area contributed by atoms with Crippen LogP contribution < -0.4 is 10.5 Å². The summed E-state index contributed by atoms with van der Waals surface area (Å²) in [6.45, 7) is 0. The number of carbonyl (C=O) groups is 1. The van der Waals surface area contributed by atoms with Crippen molar-refractivity contribution in [2.75, 3.05) is 0 Å². The molecule has 0 atom stereocenters. The zero-order valence-electron chi connectivity index (χ0n) is 9.76. The summed E-state index contributed by atoms with van der Waals surface area (Å²) in [6.07, 6.45) is 0. The van der Waals surface area contributed by atoms with Gasteiger partial charge in [0.2, 0.25) is 0 Å². The van der Waals surface area contributed by atoms with Gasteiger partial charge >= 0.3 is 0 Å². The lowest BCUT2D eigenvalue weighted by Gasteiger charge is -2.10. The molecule has 4 nitrogen and oxygen atoms in total. The standard InChI is InChI=1S/C14H9ClN2O2/c15-10-5-6-12(9(7-10)8-16)19-13-4-2-1-3-11(13)14(17)18/h1-7H,(H2,17,18). The first kappa shape index (κ1) is 12.9. The monoisotopic (exact) mass is 272 g/mol. The number of nitrogens with zero attached hydrogens (tertiary/aromatic N) is 1. The summed E-state index contributed by atoms with van der Waals surface area (Å²) < 4.78 is 5.57. The summed E-state index contributed by atoms with van der Waals surface area (Å²) >= 11 is 5.80. The Morgan fingerprint density at radius 2 is 1.95 bits per heavy atom. The molecule has 0 aliphatic carbocycles. The minimum absolute atomic E-state index is 0.251. The van der Waals surface area contributed by atoms with E-state index in [-0.39, 0.29) is 11.1 Å². The highest BCUT2D eigenvalue weighted by atomic mass is 35.5. The van der Waals surface area contributed by atoms with Crippen LogP contribution in [-0.4, -0.2) is 5.91 Å². The third kappa shape index (κ3) is 2.84. The van der Waals surface area contributed by atoms with Crippen LogP contribution in [0.4, 0.5) is 0 Å². The molecule has 0 spiro atoms. The first-order valence-corrected chi connectivity index (χ1v) is 5.76. The molecule has 2 rings (SSSR count). The number of benzene rings is 2. The van der Waals surface area contributed by atoms with Crippen molar-refractivity contribution in [1.29, 1.82) is 5.26 Å². The molecule has 2 aromatic rings. The number of nitriles is 1. The van der Waals surface area contributed by atoms with Crippen molar-refractivity contribution < 1.29 is 9.53 Å². The first-order valence-electron chi connectivity index (χ1n) is 5.38. The van der Waals surface area contributed by atoms with Crippen LogP contribution in [0.3, 0.4) is 0 Å². The highest BCUT2D eigenvalue weighted by Gasteiger charge is 2.11. The maximum absolute atomic E-state index is 11.3. The highest BCUT2D eigenvalue weighted by Crippen LogP contribution is 2.29. The molecular weight excluding hydrogens is 264 g/mol. The van der Waals surface area contributed by atoms with E-state index in [1.54, 1.807) is 36.4 Å². The van der Waals surface area contributed by atoms with Gasteiger partial charge in [-0.25, -0.2) is 0 Å². The molecule has 0 radical (unpaired) electrons. The van der Waals surface area contributed by atoms with E-state index in [1.165, 1.54) is 6.07 Å². The van der Waals surface area contributed by atoms with Crippen LogP contribution in [0, 0.1) is 11.3 Å². The average Bonchev–Trinajstić information content (AvgIpc) is 2.41. The van der Waals surface area contributed by atoms with Crippen LogP contribution in [0.1, 0.15) is 15.9 Å². The van der Waals surface area contributed by atoms with E-state index in [2.05, 4.69) is 0 Å². The number of hydrogen-bond acceptors (Lipinski definition) is 3. The molecule has 94 valence electrons. The van der Waals surface area contributed by atoms with Crippen LogP contribution in [0.2, 0.25) is 5.02 Å². The van der Waals surface area contributed by atoms with E-state index in [1.807, 2.05) is 6.07 Å². The predicted octanol–water partition coefficient (Wildman–Crippen LogP) is 3.10. The minimum atomic E-state index is -0.594. The topological polar surface area (TPSA) is 76.1 Å². The summed E-state index contributed by atoms with van der Waals surface area (Å²) in [5.41, 5.74) is 5.79. The Morgan fingerprint density at radius 3 is 2.63 bits per heavy atom. The number of primary amides is 1. The van der Waals surface area contributed by atoms with Gasteiger partial charge in [0.05, 0.1) is 11.1 Å². The summed E-state index contributed by atoms with van der Waals surface area (Å²) in [6, 6.07) is 13.2. The minimum Gasteiger partial charge on any atom is -0.455 e. The fourth-order valence-corrected chi connectivity index (χ4v) is 1.73. The fraction of sp³-hybridized carbons (Fsp3) is 0. The molecule has 2 aromatic carbocycles. The van der Waals surface area contributed by atoms with E-state index >= 15 is 0 Å². The number of hydrogen-bond donors (Lipinski definition) is 1. The van der Waals surface area contributed by atoms with Crippen LogP contribution in [0.15, 0.2) is 42.5 Å². The van der Waals surface area contributed by atoms with E-state index < -0.39 is 5.91 Å². The molecule has 0 unspecified atom stereocenters. The molecule has 0 saturated heterocycles. The van der Waals surface area contributed by atoms with Gasteiger partial charge < -0.3 is 10.5 Å². The SMILES string of the molecule is N#Cc1cc(Cl)ccc1Oc1ccccc1C(N)=O. The van der Waals surface area contributed by atoms with Gasteiger partial charge in [0, 0.05) is 5.02 Å². The van der Waals surface area contributed by atoms with Gasteiger partial charge in [-0.15, -0.1) is 0 Å². The molecule has 0 aromatic heterocycles. The Balaban J connectivity index is 2.43. The van der Waals surface area contributed by atoms with Gasteiger partial charge in [-0.1, -0.05) is 23.7 Å². The lowest BCUT2D eigenvalue weighted by atomic mass is 10.2. The second-order valence-electron chi connectivity index (χ2n) is 3.71. The van der Waals surface area contributed by atoms with Crippen LogP contribution >= 0.6 is 11.6 Å². The van der Waals surface area contributed by atoms with Gasteiger partial charge in [0.1, 0.15) is 17.6 Å². The predicted molar refractivity (Wildman–Crippen MR) is 71.2 cm³/mol. The van der Waals surface area contributed by atoms with Crippen molar-refractivity contribution in [2.24, 2.45) is 5.73 Å². The third-order valence-corrected chi connectivity index (χ3v) is 2.67. The third-order valence-electron chi connectivity index (χ3n) is 2.43. The van der Waals surface area contributed by atoms with E-state index in [4.69, 9.17) is 27.3 Å². The normalized spacial score (nSPS) is 9.68. The van der Waals surface area contributed by atoms with E-state index in [9.17, 15) is 4.79 Å². The Morgan fingerprint density at radius 1 is 1.21 bits per heavy atom. The number of amides is 1. The van der Waals surface area contributed by atoms with Gasteiger partial charge in [0.25, 0.3) is 5.91 Å². The molecule has 2 N–H and O–H groups in total. The molecule has 0 heterocycles. The molecule has 19 heavy (non-hydrogen) atoms. The number of para-hydroxylation sites is 1. The maximum atomic E-state index is 11.3. The number of halogens is 1. The summed E-state index contributed by atoms with van der Waals surface area (Å²) in [4.78, 5) is 11.3. The van der Waals surface area contributed by atoms with Crippen molar-refractivity contribution in [1.82, 2.24) is 0 Å². The smallest absolute Gasteiger partial charge is 0.252 e. The van der Waals surface area contributed by atoms with Gasteiger partial charge in [-0.2, -0.15) is 5.26 Å². The largest absolute Gasteiger partial charge is 0.455 e. The summed E-state index contributed by atoms with van der Waals surface area (Å²) in [5.74, 6) is 0.0255. The van der Waals surface area contributed by atoms with Crippen molar-refractivity contribution >= 4 is 17.5 Å². The Labute approximate surface area is 115 Å². The lowest BCUT2D eigenvalue weighted by molar-refractivity contribution is 0.0998. The van der Waals surface area contributed by atoms with Crippen molar-refractivity contribution in [3.05, 3.63) is 58.6 Å². The second-order valence-corrected chi connectivity index (χ2v) is 4.15. The van der Waals surface area contributed by atoms with E-state index in [0.717, 1.165) is 0 Å². The van der Waals surface area contributed by atoms with Gasteiger partial charge in [-0.05, 0) is 30.3 Å². The molecule has 5 heteroatoms. The first-order chi connectivity index (χ1) is 9.11. The average molecular weight is 273 g/mol. The fourth-order valence-electron chi connectivity index (χ4n) is 1.56. The summed E-state index contributed by atoms with van der Waals surface area (Å²) in [5, 5.41) is 9.46. The Bertz CT molecular complexity index is 677. The number of ether oxygens (including phenoxy) is 1. The zero-order chi connectivity index (χ0) is 13.8. The Hall–Kier alpha value is -2.51.